The van der Waals surface area contributed by atoms with E-state index in [1.807, 2.05) is 18.2 Å². The maximum Gasteiger partial charge on any atom is 0.259 e. The molecule has 1 aromatic heterocycles. The van der Waals surface area contributed by atoms with Crippen molar-refractivity contribution < 1.29 is 18.7 Å². The molecule has 3 aromatic rings. The van der Waals surface area contributed by atoms with E-state index in [2.05, 4.69) is 15.6 Å². The number of halogens is 1. The zero-order valence-corrected chi connectivity index (χ0v) is 16.2. The maximum atomic E-state index is 13.7. The van der Waals surface area contributed by atoms with Crippen LogP contribution in [-0.4, -0.2) is 31.7 Å². The van der Waals surface area contributed by atoms with E-state index in [1.54, 1.807) is 38.6 Å². The number of ether oxygens (including phenoxy) is 2. The van der Waals surface area contributed by atoms with E-state index < -0.39 is 11.7 Å². The number of hydrogen-bond donors (Lipinski definition) is 2. The van der Waals surface area contributed by atoms with Gasteiger partial charge in [0.05, 0.1) is 31.7 Å². The van der Waals surface area contributed by atoms with Gasteiger partial charge in [0.15, 0.2) is 11.5 Å². The number of benzene rings is 2. The van der Waals surface area contributed by atoms with Crippen LogP contribution in [-0.2, 0) is 6.42 Å². The van der Waals surface area contributed by atoms with Gasteiger partial charge >= 0.3 is 0 Å². The van der Waals surface area contributed by atoms with Gasteiger partial charge in [-0.3, -0.25) is 4.79 Å². The van der Waals surface area contributed by atoms with Crippen molar-refractivity contribution in [3.8, 4) is 11.5 Å². The summed E-state index contributed by atoms with van der Waals surface area (Å²) in [7, 11) is 3.21. The molecular formula is C22H22FN3O3. The highest BCUT2D eigenvalue weighted by molar-refractivity contribution is 6.03. The van der Waals surface area contributed by atoms with Gasteiger partial charge in [0.25, 0.3) is 5.91 Å². The first-order valence-corrected chi connectivity index (χ1v) is 9.07. The number of amides is 1. The largest absolute Gasteiger partial charge is 0.493 e. The Balaban J connectivity index is 1.53. The van der Waals surface area contributed by atoms with Gasteiger partial charge in [-0.2, -0.15) is 0 Å². The van der Waals surface area contributed by atoms with Crippen LogP contribution < -0.4 is 20.1 Å². The number of rotatable bonds is 8. The number of nitrogens with zero attached hydrogens (tertiary/aromatic N) is 1. The lowest BCUT2D eigenvalue weighted by Crippen LogP contribution is -2.14. The molecule has 2 N–H and O–H groups in total. The Kier molecular flexibility index (Phi) is 6.63. The Morgan fingerprint density at radius 2 is 1.83 bits per heavy atom. The minimum absolute atomic E-state index is 0.0218. The summed E-state index contributed by atoms with van der Waals surface area (Å²) in [6, 6.07) is 15.1. The molecule has 0 radical (unpaired) electrons. The van der Waals surface area contributed by atoms with Crippen molar-refractivity contribution >= 4 is 17.4 Å². The fourth-order valence-electron chi connectivity index (χ4n) is 2.79. The predicted octanol–water partition coefficient (Wildman–Crippen LogP) is 4.14. The molecule has 0 bridgehead atoms. The van der Waals surface area contributed by atoms with Crippen molar-refractivity contribution in [1.29, 1.82) is 0 Å². The SMILES string of the molecule is COc1ccc(CCNc2ccc(NC(=O)c3ccccc3F)nc2)cc1OC. The van der Waals surface area contributed by atoms with Crippen LogP contribution in [0.1, 0.15) is 15.9 Å². The van der Waals surface area contributed by atoms with Gasteiger partial charge in [0.1, 0.15) is 11.6 Å². The first-order valence-electron chi connectivity index (χ1n) is 9.07. The standard InChI is InChI=1S/C22H22FN3O3/c1-28-19-9-7-15(13-20(19)29-2)11-12-24-16-8-10-21(25-14-16)26-22(27)17-5-3-4-6-18(17)23/h3-10,13-14,24H,11-12H2,1-2H3,(H,25,26,27). The summed E-state index contributed by atoms with van der Waals surface area (Å²) < 4.78 is 24.2. The minimum atomic E-state index is -0.571. The summed E-state index contributed by atoms with van der Waals surface area (Å²) >= 11 is 0. The summed E-state index contributed by atoms with van der Waals surface area (Å²) in [4.78, 5) is 16.3. The molecular weight excluding hydrogens is 373 g/mol. The fourth-order valence-corrected chi connectivity index (χ4v) is 2.79. The molecule has 0 aliphatic rings. The Morgan fingerprint density at radius 3 is 2.52 bits per heavy atom. The number of pyridine rings is 1. The molecule has 0 saturated heterocycles. The zero-order chi connectivity index (χ0) is 20.6. The van der Waals surface area contributed by atoms with E-state index in [-0.39, 0.29) is 5.56 Å². The lowest BCUT2D eigenvalue weighted by molar-refractivity contribution is 0.102. The average molecular weight is 395 g/mol. The molecule has 1 heterocycles. The molecule has 0 aliphatic carbocycles. The van der Waals surface area contributed by atoms with Crippen molar-refractivity contribution in [1.82, 2.24) is 4.98 Å². The van der Waals surface area contributed by atoms with Gasteiger partial charge < -0.3 is 20.1 Å². The van der Waals surface area contributed by atoms with E-state index in [9.17, 15) is 9.18 Å². The number of methoxy groups -OCH3 is 2. The average Bonchev–Trinajstić information content (AvgIpc) is 2.75. The normalized spacial score (nSPS) is 10.3. The highest BCUT2D eigenvalue weighted by Gasteiger charge is 2.11. The Hall–Kier alpha value is -3.61. The summed E-state index contributed by atoms with van der Waals surface area (Å²) in [5.74, 6) is 0.634. The smallest absolute Gasteiger partial charge is 0.259 e. The number of nitrogens with one attached hydrogen (secondary N) is 2. The molecule has 0 aliphatic heterocycles. The summed E-state index contributed by atoms with van der Waals surface area (Å²) in [6.07, 6.45) is 2.40. The quantitative estimate of drug-likeness (QED) is 0.600. The molecule has 2 aromatic carbocycles. The molecule has 0 atom stereocenters. The molecule has 29 heavy (non-hydrogen) atoms. The van der Waals surface area contributed by atoms with Gasteiger partial charge in [-0.15, -0.1) is 0 Å². The highest BCUT2D eigenvalue weighted by Crippen LogP contribution is 2.27. The van der Waals surface area contributed by atoms with Crippen LogP contribution in [0.2, 0.25) is 0 Å². The van der Waals surface area contributed by atoms with E-state index in [0.717, 1.165) is 17.7 Å². The molecule has 3 rings (SSSR count). The lowest BCUT2D eigenvalue weighted by Gasteiger charge is -2.11. The lowest BCUT2D eigenvalue weighted by atomic mass is 10.1. The zero-order valence-electron chi connectivity index (χ0n) is 16.2. The molecule has 6 nitrogen and oxygen atoms in total. The third kappa shape index (κ3) is 5.22. The number of aromatic nitrogens is 1. The van der Waals surface area contributed by atoms with Crippen molar-refractivity contribution in [2.45, 2.75) is 6.42 Å². The maximum absolute atomic E-state index is 13.7. The molecule has 1 amide bonds. The molecule has 0 saturated carbocycles. The van der Waals surface area contributed by atoms with Crippen molar-refractivity contribution in [3.63, 3.8) is 0 Å². The summed E-state index contributed by atoms with van der Waals surface area (Å²) in [5.41, 5.74) is 1.90. The Morgan fingerprint density at radius 1 is 1.03 bits per heavy atom. The first-order chi connectivity index (χ1) is 14.1. The molecule has 7 heteroatoms. The molecule has 150 valence electrons. The van der Waals surface area contributed by atoms with Gasteiger partial charge in [-0.25, -0.2) is 9.37 Å². The number of carbonyl (C=O) groups is 1. The van der Waals surface area contributed by atoms with E-state index in [1.165, 1.54) is 18.2 Å². The van der Waals surface area contributed by atoms with Crippen LogP contribution in [0.3, 0.4) is 0 Å². The van der Waals surface area contributed by atoms with E-state index >= 15 is 0 Å². The van der Waals surface area contributed by atoms with Crippen molar-refractivity contribution in [2.75, 3.05) is 31.4 Å². The Labute approximate surface area is 168 Å². The van der Waals surface area contributed by atoms with Gasteiger partial charge in [-0.05, 0) is 48.4 Å². The predicted molar refractivity (Wildman–Crippen MR) is 110 cm³/mol. The van der Waals surface area contributed by atoms with Crippen molar-refractivity contribution in [2.24, 2.45) is 0 Å². The summed E-state index contributed by atoms with van der Waals surface area (Å²) in [6.45, 7) is 0.693. The van der Waals surface area contributed by atoms with Gasteiger partial charge in [0.2, 0.25) is 0 Å². The molecule has 0 spiro atoms. The van der Waals surface area contributed by atoms with E-state index in [4.69, 9.17) is 9.47 Å². The van der Waals surface area contributed by atoms with Crippen LogP contribution in [0.4, 0.5) is 15.9 Å². The number of anilines is 2. The third-order valence-electron chi connectivity index (χ3n) is 4.31. The first kappa shape index (κ1) is 20.1. The van der Waals surface area contributed by atoms with Crippen LogP contribution in [0, 0.1) is 5.82 Å². The topological polar surface area (TPSA) is 72.5 Å². The second kappa shape index (κ2) is 9.54. The number of carbonyl (C=O) groups excluding carboxylic acids is 1. The minimum Gasteiger partial charge on any atom is -0.493 e. The highest BCUT2D eigenvalue weighted by atomic mass is 19.1. The monoisotopic (exact) mass is 395 g/mol. The summed E-state index contributed by atoms with van der Waals surface area (Å²) in [5, 5.41) is 5.86. The van der Waals surface area contributed by atoms with Gasteiger partial charge in [0, 0.05) is 6.54 Å². The van der Waals surface area contributed by atoms with E-state index in [0.29, 0.717) is 23.9 Å². The van der Waals surface area contributed by atoms with Crippen LogP contribution in [0.5, 0.6) is 11.5 Å². The second-order valence-corrected chi connectivity index (χ2v) is 6.23. The van der Waals surface area contributed by atoms with Gasteiger partial charge in [-0.1, -0.05) is 18.2 Å². The molecule has 0 fully saturated rings. The van der Waals surface area contributed by atoms with Crippen molar-refractivity contribution in [3.05, 3.63) is 77.7 Å². The number of hydrogen-bond acceptors (Lipinski definition) is 5. The fraction of sp³-hybridized carbons (Fsp3) is 0.182. The Bertz CT molecular complexity index is 977. The van der Waals surface area contributed by atoms with Crippen LogP contribution >= 0.6 is 0 Å². The van der Waals surface area contributed by atoms with Crippen LogP contribution in [0.15, 0.2) is 60.8 Å². The second-order valence-electron chi connectivity index (χ2n) is 6.23. The third-order valence-corrected chi connectivity index (χ3v) is 4.31. The molecule has 0 unspecified atom stereocenters. The van der Waals surface area contributed by atoms with Crippen LogP contribution in [0.25, 0.3) is 0 Å².